The molecule has 9 rings (SSSR count). The summed E-state index contributed by atoms with van der Waals surface area (Å²) in [6.45, 7) is 12.2. The number of hydrogen-bond acceptors (Lipinski definition) is 15. The number of benzene rings is 2. The number of aromatic nitrogens is 5. The second-order valence-corrected chi connectivity index (χ2v) is 20.0. The van der Waals surface area contributed by atoms with Crippen LogP contribution in [0.2, 0.25) is 0 Å². The van der Waals surface area contributed by atoms with E-state index in [1.807, 2.05) is 88.1 Å². The summed E-state index contributed by atoms with van der Waals surface area (Å²) >= 11 is 1.58. The molecular formula is C48H59N13O5S. The number of anilines is 3. The molecule has 4 aliphatic heterocycles. The van der Waals surface area contributed by atoms with Gasteiger partial charge in [0.2, 0.25) is 17.8 Å². The maximum absolute atomic E-state index is 14.2. The van der Waals surface area contributed by atoms with E-state index in [9.17, 15) is 24.6 Å². The van der Waals surface area contributed by atoms with Gasteiger partial charge in [0.15, 0.2) is 5.82 Å². The number of hydrogen-bond donors (Lipinski definition) is 5. The van der Waals surface area contributed by atoms with Gasteiger partial charge in [-0.2, -0.15) is 0 Å². The molecule has 2 aromatic carbocycles. The number of rotatable bonds is 11. The number of thiazole rings is 1. The standard InChI is InChI=1S/C48H59N13O5S/c1-29-41(67-28-53-29)32-11-9-30(10-12-32)21-50-44(64)39-19-35(62)27-60(39)45(65)42(48(2,3)4)54-47(66)58-17-15-57(16-18-58)24-31-22-51-46(52-23-31)61-33-13-14-34(61)26-59(25-33)38-20-37(55-56-43(38)49)36-7-5-6-8-40(36)63/h5-12,20,22-23,28,33-35,39,42,62-63H,13-19,21,24-27H2,1-4H3,(H2,49,56)(H,50,64)(H,54,66)/t33?,34?,35-,39+,42-/m1/s1. The van der Waals surface area contributed by atoms with Crippen LogP contribution in [0.25, 0.3) is 21.7 Å². The molecule has 4 aliphatic rings. The third-order valence-corrected chi connectivity index (χ3v) is 14.4. The Bertz CT molecular complexity index is 2570. The normalized spacial score (nSPS) is 21.4. The van der Waals surface area contributed by atoms with Gasteiger partial charge in [-0.05, 0) is 54.5 Å². The highest BCUT2D eigenvalue weighted by Gasteiger charge is 2.45. The van der Waals surface area contributed by atoms with Gasteiger partial charge < -0.3 is 46.2 Å². The number of aliphatic hydroxyl groups is 1. The molecule has 0 aliphatic carbocycles. The zero-order valence-electron chi connectivity index (χ0n) is 38.4. The number of aromatic hydroxyl groups is 1. The molecule has 2 bridgehead atoms. The van der Waals surface area contributed by atoms with Crippen LogP contribution in [0.5, 0.6) is 5.75 Å². The van der Waals surface area contributed by atoms with Crippen molar-refractivity contribution >= 4 is 46.6 Å². The molecule has 7 heterocycles. The van der Waals surface area contributed by atoms with Crippen molar-refractivity contribution in [1.82, 2.24) is 50.5 Å². The summed E-state index contributed by atoms with van der Waals surface area (Å²) in [5.74, 6) is 0.454. The molecule has 4 saturated heterocycles. The summed E-state index contributed by atoms with van der Waals surface area (Å²) in [6, 6.07) is 15.2. The highest BCUT2D eigenvalue weighted by atomic mass is 32.1. The van der Waals surface area contributed by atoms with E-state index in [0.717, 1.165) is 58.9 Å². The van der Waals surface area contributed by atoms with Crippen LogP contribution < -0.4 is 26.2 Å². The van der Waals surface area contributed by atoms with Crippen LogP contribution in [0.4, 0.5) is 22.2 Å². The van der Waals surface area contributed by atoms with Gasteiger partial charge in [0.25, 0.3) is 0 Å². The molecule has 6 N–H and O–H groups in total. The number of nitrogens with zero attached hydrogens (tertiary/aromatic N) is 10. The number of para-hydroxylation sites is 1. The Kier molecular flexibility index (Phi) is 13.0. The lowest BCUT2D eigenvalue weighted by Crippen LogP contribution is -2.61. The second kappa shape index (κ2) is 19.0. The molecule has 5 aromatic rings. The summed E-state index contributed by atoms with van der Waals surface area (Å²) in [5.41, 5.74) is 13.4. The Morgan fingerprint density at radius 2 is 1.61 bits per heavy atom. The SMILES string of the molecule is Cc1ncsc1-c1ccc(CNC(=O)[C@@H]2C[C@@H](O)CN2C(=O)[C@@H](NC(=O)N2CCN(Cc3cnc(N4C5CCC4CN(c4cc(-c6ccccc6O)nnc4N)C5)nc3)CC2)C(C)(C)C)cc1. The maximum Gasteiger partial charge on any atom is 0.318 e. The number of β-amino-alcohol motifs (C(OH)–C–C–N with tert-alkyl or cyclic N) is 1. The van der Waals surface area contributed by atoms with Crippen LogP contribution in [-0.2, 0) is 22.7 Å². The van der Waals surface area contributed by atoms with Gasteiger partial charge >= 0.3 is 6.03 Å². The minimum atomic E-state index is -0.927. The fourth-order valence-electron chi connectivity index (χ4n) is 9.82. The van der Waals surface area contributed by atoms with Gasteiger partial charge in [0.05, 0.1) is 33.6 Å². The van der Waals surface area contributed by atoms with Crippen LogP contribution in [0, 0.1) is 12.3 Å². The Morgan fingerprint density at radius 3 is 2.27 bits per heavy atom. The zero-order chi connectivity index (χ0) is 47.0. The van der Waals surface area contributed by atoms with Crippen molar-refractivity contribution < 1.29 is 24.6 Å². The van der Waals surface area contributed by atoms with E-state index in [-0.39, 0.29) is 49.3 Å². The molecule has 352 valence electrons. The lowest BCUT2D eigenvalue weighted by molar-refractivity contribution is -0.142. The number of carbonyl (C=O) groups excluding carboxylic acids is 3. The number of nitrogen functional groups attached to an aromatic ring is 1. The van der Waals surface area contributed by atoms with Crippen molar-refractivity contribution in [2.24, 2.45) is 5.41 Å². The number of likely N-dealkylation sites (tertiary alicyclic amines) is 1. The molecule has 67 heavy (non-hydrogen) atoms. The molecular weight excluding hydrogens is 871 g/mol. The van der Waals surface area contributed by atoms with Crippen LogP contribution in [0.15, 0.2) is 72.5 Å². The van der Waals surface area contributed by atoms with Gasteiger partial charge in [0, 0.05) is 101 Å². The Hall–Kier alpha value is -6.44. The summed E-state index contributed by atoms with van der Waals surface area (Å²) in [4.78, 5) is 66.7. The topological polar surface area (TPSA) is 222 Å². The molecule has 0 radical (unpaired) electrons. The van der Waals surface area contributed by atoms with Gasteiger partial charge in [-0.15, -0.1) is 21.5 Å². The first kappa shape index (κ1) is 45.7. The fraction of sp³-hybridized carbons (Fsp3) is 0.458. The van der Waals surface area contributed by atoms with Gasteiger partial charge in [-0.1, -0.05) is 57.2 Å². The smallest absolute Gasteiger partial charge is 0.318 e. The molecule has 5 atom stereocenters. The number of fused-ring (bicyclic) bond motifs is 2. The number of urea groups is 1. The van der Waals surface area contributed by atoms with Crippen molar-refractivity contribution in [1.29, 1.82) is 0 Å². The number of piperazine rings is 2. The number of aliphatic hydroxyl groups excluding tert-OH is 1. The number of nitrogens with one attached hydrogen (secondary N) is 2. The van der Waals surface area contributed by atoms with E-state index in [2.05, 4.69) is 40.5 Å². The van der Waals surface area contributed by atoms with E-state index in [0.29, 0.717) is 55.7 Å². The number of phenols is 1. The van der Waals surface area contributed by atoms with Crippen molar-refractivity contribution in [2.75, 3.05) is 61.3 Å². The number of aryl methyl sites for hydroxylation is 1. The van der Waals surface area contributed by atoms with Gasteiger partial charge in [-0.25, -0.2) is 19.7 Å². The van der Waals surface area contributed by atoms with Crippen molar-refractivity contribution in [3.8, 4) is 27.4 Å². The lowest BCUT2D eigenvalue weighted by atomic mass is 9.85. The van der Waals surface area contributed by atoms with Crippen LogP contribution in [0.1, 0.15) is 56.9 Å². The van der Waals surface area contributed by atoms with Crippen molar-refractivity contribution in [3.05, 3.63) is 89.3 Å². The van der Waals surface area contributed by atoms with Crippen LogP contribution in [-0.4, -0.2) is 144 Å². The molecule has 3 aromatic heterocycles. The number of phenolic OH excluding ortho intramolecular Hbond substituents is 1. The number of nitrogens with two attached hydrogens (primary N) is 1. The van der Waals surface area contributed by atoms with Crippen molar-refractivity contribution in [2.45, 2.75) is 90.3 Å². The molecule has 19 heteroatoms. The largest absolute Gasteiger partial charge is 0.507 e. The average molecular weight is 930 g/mol. The Morgan fingerprint density at radius 1 is 0.910 bits per heavy atom. The average Bonchev–Trinajstić information content (AvgIpc) is 4.01. The number of carbonyl (C=O) groups is 3. The summed E-state index contributed by atoms with van der Waals surface area (Å²) < 4.78 is 0. The molecule has 4 amide bonds. The first-order valence-electron chi connectivity index (χ1n) is 23.0. The zero-order valence-corrected chi connectivity index (χ0v) is 39.2. The third-order valence-electron chi connectivity index (χ3n) is 13.5. The Labute approximate surface area is 394 Å². The second-order valence-electron chi connectivity index (χ2n) is 19.2. The minimum absolute atomic E-state index is 0.00680. The van der Waals surface area contributed by atoms with Gasteiger partial charge in [-0.3, -0.25) is 14.5 Å². The van der Waals surface area contributed by atoms with E-state index in [4.69, 9.17) is 15.7 Å². The van der Waals surface area contributed by atoms with E-state index >= 15 is 0 Å². The van der Waals surface area contributed by atoms with Crippen molar-refractivity contribution in [3.63, 3.8) is 0 Å². The molecule has 0 saturated carbocycles. The predicted molar refractivity (Wildman–Crippen MR) is 256 cm³/mol. The molecule has 0 spiro atoms. The highest BCUT2D eigenvalue weighted by molar-refractivity contribution is 7.13. The fourth-order valence-corrected chi connectivity index (χ4v) is 10.6. The number of amides is 4. The summed E-state index contributed by atoms with van der Waals surface area (Å²) in [7, 11) is 0. The first-order valence-corrected chi connectivity index (χ1v) is 23.9. The first-order chi connectivity index (χ1) is 32.2. The quantitative estimate of drug-likeness (QED) is 0.126. The van der Waals surface area contributed by atoms with E-state index < -0.39 is 29.5 Å². The van der Waals surface area contributed by atoms with E-state index in [1.54, 1.807) is 28.4 Å². The molecule has 18 nitrogen and oxygen atoms in total. The Balaban J connectivity index is 0.760. The summed E-state index contributed by atoms with van der Waals surface area (Å²) in [5, 5.41) is 35.6. The monoisotopic (exact) mass is 929 g/mol. The molecule has 2 unspecified atom stereocenters. The maximum atomic E-state index is 14.2. The summed E-state index contributed by atoms with van der Waals surface area (Å²) in [6.07, 6.45) is 5.05. The third kappa shape index (κ3) is 9.85. The van der Waals surface area contributed by atoms with E-state index in [1.165, 1.54) is 4.90 Å². The highest BCUT2D eigenvalue weighted by Crippen LogP contribution is 2.38. The minimum Gasteiger partial charge on any atom is -0.507 e. The molecule has 4 fully saturated rings. The lowest BCUT2D eigenvalue weighted by Gasteiger charge is -2.42. The van der Waals surface area contributed by atoms with Crippen LogP contribution in [0.3, 0.4) is 0 Å². The predicted octanol–water partition coefficient (Wildman–Crippen LogP) is 4.03. The van der Waals surface area contributed by atoms with Gasteiger partial charge in [0.1, 0.15) is 17.8 Å². The van der Waals surface area contributed by atoms with Crippen LogP contribution >= 0.6 is 11.3 Å².